The molecule has 12 heteroatoms. The van der Waals surface area contributed by atoms with E-state index in [1.165, 1.54) is 14.2 Å². The zero-order valence-corrected chi connectivity index (χ0v) is 26.5. The number of nitrogens with one attached hydrogen (secondary N) is 2. The summed E-state index contributed by atoms with van der Waals surface area (Å²) in [5.41, 5.74) is 10.7. The Morgan fingerprint density at radius 2 is 1.74 bits per heavy atom. The minimum atomic E-state index is -0.827. The number of anilines is 2. The summed E-state index contributed by atoms with van der Waals surface area (Å²) in [5, 5.41) is 5.50. The van der Waals surface area contributed by atoms with Crippen LogP contribution < -0.4 is 30.7 Å². The van der Waals surface area contributed by atoms with E-state index in [1.54, 1.807) is 42.3 Å². The Morgan fingerprint density at radius 3 is 2.46 bits per heavy atom. The third-order valence-corrected chi connectivity index (χ3v) is 7.96. The van der Waals surface area contributed by atoms with Crippen molar-refractivity contribution in [2.75, 3.05) is 24.4 Å². The highest BCUT2D eigenvalue weighted by Gasteiger charge is 2.36. The third kappa shape index (κ3) is 7.04. The van der Waals surface area contributed by atoms with Gasteiger partial charge in [0.05, 0.1) is 37.6 Å². The standard InChI is InChI=1S/C34H39N5O7/c1-19(2)31(35)33(41)37-20(3)32(40)38-24-11-21(10-22(12-24)18-46-44-5)17-45-30-15-27-26(14-29(30)43-4)34(42)39-25(16-36-27)13-23-8-6-7-9-28(23)39/h6-12,14-16,19-20,25,31H,13,17-18,35H2,1-5H3,(H,37,41)(H,38,40)/t20-,25-,31-/m0/s1. The maximum absolute atomic E-state index is 13.7. The average Bonchev–Trinajstić information content (AvgIpc) is 3.36. The van der Waals surface area contributed by atoms with Crippen LogP contribution in [0.1, 0.15) is 47.8 Å². The normalized spacial score (nSPS) is 16.2. The molecule has 3 aromatic rings. The second kappa shape index (κ2) is 14.1. The van der Waals surface area contributed by atoms with Gasteiger partial charge in [0, 0.05) is 30.1 Å². The highest BCUT2D eigenvalue weighted by Crippen LogP contribution is 2.41. The van der Waals surface area contributed by atoms with Gasteiger partial charge in [-0.1, -0.05) is 32.0 Å². The number of para-hydroxylation sites is 1. The molecule has 4 N–H and O–H groups in total. The predicted molar refractivity (Wildman–Crippen MR) is 174 cm³/mol. The lowest BCUT2D eigenvalue weighted by Crippen LogP contribution is -2.50. The van der Waals surface area contributed by atoms with E-state index in [0.717, 1.165) is 11.3 Å². The SMILES string of the molecule is COOCc1cc(COc2cc3c(cc2OC)C(=O)N2c4ccccc4C[C@H]2C=N3)cc(NC(=O)[C@H](C)NC(=O)[C@@H](N)C(C)C)c1. The number of fused-ring (bicyclic) bond motifs is 4. The van der Waals surface area contributed by atoms with E-state index in [-0.39, 0.29) is 31.1 Å². The second-order valence-electron chi connectivity index (χ2n) is 11.6. The molecular weight excluding hydrogens is 590 g/mol. The fourth-order valence-corrected chi connectivity index (χ4v) is 5.41. The van der Waals surface area contributed by atoms with Gasteiger partial charge in [-0.15, -0.1) is 0 Å². The van der Waals surface area contributed by atoms with Crippen LogP contribution in [-0.2, 0) is 39.0 Å². The number of carbonyl (C=O) groups excluding carboxylic acids is 3. The summed E-state index contributed by atoms with van der Waals surface area (Å²) < 4.78 is 11.8. The summed E-state index contributed by atoms with van der Waals surface area (Å²) in [5.74, 6) is -0.273. The van der Waals surface area contributed by atoms with Gasteiger partial charge in [-0.05, 0) is 59.9 Å². The Bertz CT molecular complexity index is 1660. The number of hydrogen-bond donors (Lipinski definition) is 3. The summed E-state index contributed by atoms with van der Waals surface area (Å²) in [7, 11) is 2.92. The molecule has 0 unspecified atom stereocenters. The lowest BCUT2D eigenvalue weighted by molar-refractivity contribution is -0.282. The molecule has 5 rings (SSSR count). The van der Waals surface area contributed by atoms with Crippen molar-refractivity contribution in [1.82, 2.24) is 5.32 Å². The van der Waals surface area contributed by atoms with Crippen LogP contribution in [0.4, 0.5) is 17.1 Å². The minimum Gasteiger partial charge on any atom is -0.493 e. The molecule has 0 spiro atoms. The number of carbonyl (C=O) groups is 3. The minimum absolute atomic E-state index is 0.0734. The van der Waals surface area contributed by atoms with Gasteiger partial charge in [-0.2, -0.15) is 0 Å². The van der Waals surface area contributed by atoms with Gasteiger partial charge in [-0.3, -0.25) is 24.3 Å². The van der Waals surface area contributed by atoms with Gasteiger partial charge in [0.1, 0.15) is 19.3 Å². The Hall–Kier alpha value is -4.78. The first-order valence-electron chi connectivity index (χ1n) is 15.0. The van der Waals surface area contributed by atoms with Crippen LogP contribution in [0, 0.1) is 5.92 Å². The van der Waals surface area contributed by atoms with Gasteiger partial charge >= 0.3 is 0 Å². The number of nitrogens with two attached hydrogens (primary N) is 1. The van der Waals surface area contributed by atoms with Gasteiger partial charge in [-0.25, -0.2) is 9.78 Å². The first-order valence-corrected chi connectivity index (χ1v) is 15.0. The largest absolute Gasteiger partial charge is 0.493 e. The number of rotatable bonds is 12. The second-order valence-corrected chi connectivity index (χ2v) is 11.6. The molecular formula is C34H39N5O7. The van der Waals surface area contributed by atoms with Crippen molar-refractivity contribution in [2.45, 2.75) is 58.5 Å². The maximum atomic E-state index is 13.7. The quantitative estimate of drug-likeness (QED) is 0.200. The summed E-state index contributed by atoms with van der Waals surface area (Å²) in [6, 6.07) is 14.8. The topological polar surface area (TPSA) is 154 Å². The molecule has 0 saturated carbocycles. The molecule has 0 bridgehead atoms. The smallest absolute Gasteiger partial charge is 0.261 e. The zero-order chi connectivity index (χ0) is 33.0. The Balaban J connectivity index is 1.34. The zero-order valence-electron chi connectivity index (χ0n) is 26.5. The van der Waals surface area contributed by atoms with Gasteiger partial charge < -0.3 is 25.8 Å². The number of nitrogens with zero attached hydrogens (tertiary/aromatic N) is 2. The van der Waals surface area contributed by atoms with Crippen molar-refractivity contribution in [2.24, 2.45) is 16.6 Å². The van der Waals surface area contributed by atoms with Crippen LogP contribution in [0.25, 0.3) is 0 Å². The number of methoxy groups -OCH3 is 1. The number of amides is 3. The van der Waals surface area contributed by atoms with E-state index in [9.17, 15) is 14.4 Å². The first-order chi connectivity index (χ1) is 22.1. The molecule has 2 heterocycles. The molecule has 46 heavy (non-hydrogen) atoms. The number of benzene rings is 3. The summed E-state index contributed by atoms with van der Waals surface area (Å²) in [4.78, 5) is 55.4. The van der Waals surface area contributed by atoms with Crippen LogP contribution in [-0.4, -0.2) is 56.3 Å². The Labute approximate surface area is 267 Å². The predicted octanol–water partition coefficient (Wildman–Crippen LogP) is 4.07. The van der Waals surface area contributed by atoms with Gasteiger partial charge in [0.2, 0.25) is 11.8 Å². The molecule has 3 atom stereocenters. The monoisotopic (exact) mass is 629 g/mol. The van der Waals surface area contributed by atoms with Crippen LogP contribution in [0.3, 0.4) is 0 Å². The van der Waals surface area contributed by atoms with E-state index in [2.05, 4.69) is 15.6 Å². The molecule has 2 aliphatic heterocycles. The Morgan fingerprint density at radius 1 is 1.00 bits per heavy atom. The van der Waals surface area contributed by atoms with E-state index >= 15 is 0 Å². The third-order valence-electron chi connectivity index (χ3n) is 7.96. The van der Waals surface area contributed by atoms with Crippen molar-refractivity contribution in [3.8, 4) is 11.5 Å². The van der Waals surface area contributed by atoms with Gasteiger partial charge in [0.25, 0.3) is 5.91 Å². The summed E-state index contributed by atoms with van der Waals surface area (Å²) >= 11 is 0. The lowest BCUT2D eigenvalue weighted by Gasteiger charge is -2.22. The van der Waals surface area contributed by atoms with Gasteiger partial charge in [0.15, 0.2) is 11.5 Å². The molecule has 0 aliphatic carbocycles. The Kier molecular flexibility index (Phi) is 10.0. The van der Waals surface area contributed by atoms with E-state index in [1.807, 2.05) is 44.2 Å². The average molecular weight is 630 g/mol. The maximum Gasteiger partial charge on any atom is 0.261 e. The van der Waals surface area contributed by atoms with Crippen molar-refractivity contribution >= 4 is 41.0 Å². The number of aliphatic imine (C=N–C) groups is 1. The van der Waals surface area contributed by atoms with Crippen LogP contribution in [0.2, 0.25) is 0 Å². The van der Waals surface area contributed by atoms with Crippen molar-refractivity contribution in [3.63, 3.8) is 0 Å². The van der Waals surface area contributed by atoms with Crippen LogP contribution >= 0.6 is 0 Å². The van der Waals surface area contributed by atoms with Crippen molar-refractivity contribution in [1.29, 1.82) is 0 Å². The molecule has 0 fully saturated rings. The van der Waals surface area contributed by atoms with E-state index in [4.69, 9.17) is 25.0 Å². The highest BCUT2D eigenvalue weighted by molar-refractivity contribution is 6.14. The van der Waals surface area contributed by atoms with Crippen molar-refractivity contribution in [3.05, 3.63) is 76.9 Å². The van der Waals surface area contributed by atoms with E-state index in [0.29, 0.717) is 46.0 Å². The van der Waals surface area contributed by atoms with Crippen LogP contribution in [0.15, 0.2) is 59.6 Å². The fourth-order valence-electron chi connectivity index (χ4n) is 5.41. The molecule has 0 radical (unpaired) electrons. The van der Waals surface area contributed by atoms with Crippen LogP contribution in [0.5, 0.6) is 11.5 Å². The fraction of sp³-hybridized carbons (Fsp3) is 0.353. The van der Waals surface area contributed by atoms with E-state index < -0.39 is 23.9 Å². The molecule has 12 nitrogen and oxygen atoms in total. The highest BCUT2D eigenvalue weighted by atomic mass is 17.2. The molecule has 3 aromatic carbocycles. The molecule has 0 saturated heterocycles. The molecule has 242 valence electrons. The molecule has 2 aliphatic rings. The lowest BCUT2D eigenvalue weighted by atomic mass is 10.0. The number of ether oxygens (including phenoxy) is 2. The summed E-state index contributed by atoms with van der Waals surface area (Å²) in [6.07, 6.45) is 2.49. The number of hydrogen-bond acceptors (Lipinski definition) is 9. The first kappa shape index (κ1) is 32.6. The van der Waals surface area contributed by atoms with Crippen molar-refractivity contribution < 1.29 is 33.6 Å². The molecule has 0 aromatic heterocycles. The molecule has 3 amide bonds. The summed E-state index contributed by atoms with van der Waals surface area (Å²) in [6.45, 7) is 5.46.